The number of guanidine groups is 1. The van der Waals surface area contributed by atoms with Gasteiger partial charge in [0.05, 0.1) is 12.2 Å². The van der Waals surface area contributed by atoms with Gasteiger partial charge < -0.3 is 20.1 Å². The molecule has 0 saturated carbocycles. The molecule has 0 saturated heterocycles. The Hall–Kier alpha value is -1.77. The summed E-state index contributed by atoms with van der Waals surface area (Å²) in [5.41, 5.74) is 2.17. The third-order valence-corrected chi connectivity index (χ3v) is 4.21. The van der Waals surface area contributed by atoms with E-state index in [1.165, 1.54) is 5.69 Å². The molecule has 0 fully saturated rings. The Kier molecular flexibility index (Phi) is 9.47. The van der Waals surface area contributed by atoms with E-state index in [0.717, 1.165) is 24.0 Å². The number of aliphatic imine (C=N–C) groups is 1. The average molecular weight is 471 g/mol. The molecule has 6 nitrogen and oxygen atoms in total. The first-order valence-corrected chi connectivity index (χ1v) is 8.69. The standard InChI is InChI=1S/C19H29N5O.HI/c1-14(2)18-11-17(25-23-18)13-22-19(20-4)21-12-15(3)24(5)16-9-7-6-8-10-16;/h6-11,14-15H,12-13H2,1-5H3,(H2,20,21,22);1H. The first-order chi connectivity index (χ1) is 12.0. The number of nitrogens with one attached hydrogen (secondary N) is 2. The van der Waals surface area contributed by atoms with Crippen LogP contribution >= 0.6 is 24.0 Å². The van der Waals surface area contributed by atoms with E-state index < -0.39 is 0 Å². The van der Waals surface area contributed by atoms with E-state index in [2.05, 4.69) is 77.8 Å². The maximum absolute atomic E-state index is 5.34. The van der Waals surface area contributed by atoms with Crippen molar-refractivity contribution < 1.29 is 4.52 Å². The van der Waals surface area contributed by atoms with E-state index in [-0.39, 0.29) is 24.0 Å². The van der Waals surface area contributed by atoms with Gasteiger partial charge >= 0.3 is 0 Å². The topological polar surface area (TPSA) is 65.7 Å². The number of aromatic nitrogens is 1. The lowest BCUT2D eigenvalue weighted by atomic mass is 10.1. The van der Waals surface area contributed by atoms with Gasteiger partial charge in [0.2, 0.25) is 0 Å². The van der Waals surface area contributed by atoms with E-state index >= 15 is 0 Å². The Morgan fingerprint density at radius 1 is 1.19 bits per heavy atom. The van der Waals surface area contributed by atoms with Crippen molar-refractivity contribution in [1.82, 2.24) is 15.8 Å². The number of rotatable bonds is 7. The van der Waals surface area contributed by atoms with Crippen molar-refractivity contribution in [3.8, 4) is 0 Å². The number of anilines is 1. The second kappa shape index (κ2) is 11.1. The van der Waals surface area contributed by atoms with Gasteiger partial charge in [-0.25, -0.2) is 0 Å². The lowest BCUT2D eigenvalue weighted by molar-refractivity contribution is 0.372. The van der Waals surface area contributed by atoms with Gasteiger partial charge in [0.1, 0.15) is 0 Å². The first-order valence-electron chi connectivity index (χ1n) is 8.69. The van der Waals surface area contributed by atoms with Crippen LogP contribution in [0.4, 0.5) is 5.69 Å². The first kappa shape index (κ1) is 22.3. The van der Waals surface area contributed by atoms with Gasteiger partial charge in [0.25, 0.3) is 0 Å². The summed E-state index contributed by atoms with van der Waals surface area (Å²) in [5.74, 6) is 1.92. The number of halogens is 1. The highest BCUT2D eigenvalue weighted by Gasteiger charge is 2.11. The van der Waals surface area contributed by atoms with Gasteiger partial charge in [-0.1, -0.05) is 37.2 Å². The molecule has 1 atom stereocenters. The van der Waals surface area contributed by atoms with Crippen molar-refractivity contribution in [1.29, 1.82) is 0 Å². The number of para-hydroxylation sites is 1. The SMILES string of the molecule is CN=C(NCc1cc(C(C)C)no1)NCC(C)N(C)c1ccccc1.I. The van der Waals surface area contributed by atoms with Crippen LogP contribution in [0.2, 0.25) is 0 Å². The van der Waals surface area contributed by atoms with E-state index in [1.54, 1.807) is 7.05 Å². The number of benzene rings is 1. The van der Waals surface area contributed by atoms with Gasteiger partial charge in [-0.15, -0.1) is 24.0 Å². The molecule has 0 aliphatic heterocycles. The molecule has 2 N–H and O–H groups in total. The van der Waals surface area contributed by atoms with Crippen molar-refractivity contribution >= 4 is 35.6 Å². The molecule has 0 spiro atoms. The number of nitrogens with zero attached hydrogens (tertiary/aromatic N) is 3. The molecule has 7 heteroatoms. The number of hydrogen-bond donors (Lipinski definition) is 2. The van der Waals surface area contributed by atoms with E-state index in [4.69, 9.17) is 4.52 Å². The van der Waals surface area contributed by atoms with Crippen LogP contribution < -0.4 is 15.5 Å². The molecule has 0 aliphatic rings. The Labute approximate surface area is 173 Å². The van der Waals surface area contributed by atoms with Crippen LogP contribution in [0.15, 0.2) is 45.9 Å². The summed E-state index contributed by atoms with van der Waals surface area (Å²) in [7, 11) is 3.86. The highest BCUT2D eigenvalue weighted by molar-refractivity contribution is 14.0. The van der Waals surface area contributed by atoms with Gasteiger partial charge in [-0.3, -0.25) is 4.99 Å². The summed E-state index contributed by atoms with van der Waals surface area (Å²) in [4.78, 5) is 6.50. The highest BCUT2D eigenvalue weighted by atomic mass is 127. The molecule has 1 unspecified atom stereocenters. The third-order valence-electron chi connectivity index (χ3n) is 4.21. The van der Waals surface area contributed by atoms with Crippen molar-refractivity contribution in [2.45, 2.75) is 39.3 Å². The molecular weight excluding hydrogens is 441 g/mol. The maximum atomic E-state index is 5.34. The molecular formula is C19H30IN5O. The Morgan fingerprint density at radius 3 is 2.46 bits per heavy atom. The van der Waals surface area contributed by atoms with Crippen LogP contribution in [0.1, 0.15) is 38.1 Å². The minimum absolute atomic E-state index is 0. The fourth-order valence-electron chi connectivity index (χ4n) is 2.37. The van der Waals surface area contributed by atoms with Crippen molar-refractivity contribution in [2.75, 3.05) is 25.5 Å². The lowest BCUT2D eigenvalue weighted by Gasteiger charge is -2.27. The molecule has 0 radical (unpaired) electrons. The normalized spacial score (nSPS) is 12.5. The number of hydrogen-bond acceptors (Lipinski definition) is 4. The van der Waals surface area contributed by atoms with Gasteiger partial charge in [-0.2, -0.15) is 0 Å². The summed E-state index contributed by atoms with van der Waals surface area (Å²) in [6, 6.07) is 12.7. The second-order valence-electron chi connectivity index (χ2n) is 6.47. The fourth-order valence-corrected chi connectivity index (χ4v) is 2.37. The van der Waals surface area contributed by atoms with E-state index in [9.17, 15) is 0 Å². The fraction of sp³-hybridized carbons (Fsp3) is 0.474. The molecule has 26 heavy (non-hydrogen) atoms. The summed E-state index contributed by atoms with van der Waals surface area (Å²) < 4.78 is 5.34. The zero-order valence-electron chi connectivity index (χ0n) is 16.2. The van der Waals surface area contributed by atoms with Crippen molar-refractivity contribution in [3.05, 3.63) is 47.9 Å². The molecule has 2 aromatic rings. The van der Waals surface area contributed by atoms with Crippen molar-refractivity contribution in [2.24, 2.45) is 4.99 Å². The summed E-state index contributed by atoms with van der Waals surface area (Å²) >= 11 is 0. The Morgan fingerprint density at radius 2 is 1.88 bits per heavy atom. The second-order valence-corrected chi connectivity index (χ2v) is 6.47. The van der Waals surface area contributed by atoms with Crippen molar-refractivity contribution in [3.63, 3.8) is 0 Å². The van der Waals surface area contributed by atoms with Gasteiger partial charge in [0, 0.05) is 38.4 Å². The highest BCUT2D eigenvalue weighted by Crippen LogP contribution is 2.14. The van der Waals surface area contributed by atoms with Crippen LogP contribution in [0.3, 0.4) is 0 Å². The summed E-state index contributed by atoms with van der Waals surface area (Å²) in [6.45, 7) is 7.71. The van der Waals surface area contributed by atoms with Gasteiger partial charge in [0.15, 0.2) is 11.7 Å². The van der Waals surface area contributed by atoms with E-state index in [1.807, 2.05) is 12.1 Å². The van der Waals surface area contributed by atoms with Crippen LogP contribution in [0, 0.1) is 0 Å². The monoisotopic (exact) mass is 471 g/mol. The van der Waals surface area contributed by atoms with Gasteiger partial charge in [-0.05, 0) is 25.0 Å². The zero-order chi connectivity index (χ0) is 18.2. The molecule has 0 amide bonds. The molecule has 1 heterocycles. The van der Waals surface area contributed by atoms with Crippen LogP contribution in [0.5, 0.6) is 0 Å². The minimum atomic E-state index is 0. The molecule has 1 aromatic heterocycles. The number of likely N-dealkylation sites (N-methyl/N-ethyl adjacent to an activating group) is 1. The van der Waals surface area contributed by atoms with Crippen LogP contribution in [-0.4, -0.2) is 37.8 Å². The Balaban J connectivity index is 0.00000338. The lowest BCUT2D eigenvalue weighted by Crippen LogP contribution is -2.44. The van der Waals surface area contributed by atoms with Crippen LogP contribution in [-0.2, 0) is 6.54 Å². The Bertz CT molecular complexity index is 672. The molecule has 1 aromatic carbocycles. The largest absolute Gasteiger partial charge is 0.370 e. The molecule has 0 bridgehead atoms. The smallest absolute Gasteiger partial charge is 0.191 e. The molecule has 144 valence electrons. The predicted octanol–water partition coefficient (Wildman–Crippen LogP) is 3.61. The minimum Gasteiger partial charge on any atom is -0.370 e. The zero-order valence-corrected chi connectivity index (χ0v) is 18.5. The summed E-state index contributed by atoms with van der Waals surface area (Å²) in [6.07, 6.45) is 0. The average Bonchev–Trinajstić information content (AvgIpc) is 3.11. The van der Waals surface area contributed by atoms with Crippen LogP contribution in [0.25, 0.3) is 0 Å². The summed E-state index contributed by atoms with van der Waals surface area (Å²) in [5, 5.41) is 10.7. The quantitative estimate of drug-likeness (QED) is 0.367. The van der Waals surface area contributed by atoms with E-state index in [0.29, 0.717) is 18.5 Å². The predicted molar refractivity (Wildman–Crippen MR) is 119 cm³/mol. The third kappa shape index (κ3) is 6.51. The molecule has 0 aliphatic carbocycles. The maximum Gasteiger partial charge on any atom is 0.191 e. The molecule has 2 rings (SSSR count).